The van der Waals surface area contributed by atoms with Crippen molar-refractivity contribution in [1.82, 2.24) is 4.98 Å². The van der Waals surface area contributed by atoms with Gasteiger partial charge in [-0.05, 0) is 12.5 Å². The van der Waals surface area contributed by atoms with Gasteiger partial charge in [-0.1, -0.05) is 0 Å². The van der Waals surface area contributed by atoms with Gasteiger partial charge in [-0.25, -0.2) is 0 Å². The summed E-state index contributed by atoms with van der Waals surface area (Å²) >= 11 is 0. The van der Waals surface area contributed by atoms with Crippen molar-refractivity contribution < 1.29 is 4.92 Å². The molecule has 1 saturated carbocycles. The predicted molar refractivity (Wildman–Crippen MR) is 46.2 cm³/mol. The normalized spacial score (nSPS) is 25.6. The topological polar surface area (TPSA) is 82.0 Å². The fourth-order valence-electron chi connectivity index (χ4n) is 1.28. The third-order valence-corrected chi connectivity index (χ3v) is 2.20. The molecule has 5 nitrogen and oxygen atoms in total. The highest BCUT2D eigenvalue weighted by Gasteiger charge is 2.36. The van der Waals surface area contributed by atoms with E-state index < -0.39 is 4.92 Å². The summed E-state index contributed by atoms with van der Waals surface area (Å²) in [6.45, 7) is 0. The molecule has 2 N–H and O–H groups in total. The Bertz CT molecular complexity index is 336. The molecule has 1 aliphatic carbocycles. The number of nitro groups is 1. The first-order chi connectivity index (χ1) is 6.18. The first kappa shape index (κ1) is 8.12. The Kier molecular flexibility index (Phi) is 1.73. The van der Waals surface area contributed by atoms with Crippen LogP contribution in [-0.4, -0.2) is 15.9 Å². The first-order valence-electron chi connectivity index (χ1n) is 4.04. The van der Waals surface area contributed by atoms with E-state index in [-0.39, 0.29) is 11.7 Å². The summed E-state index contributed by atoms with van der Waals surface area (Å²) in [7, 11) is 0. The minimum atomic E-state index is -0.455. The average molecular weight is 179 g/mol. The number of nitrogens with zero attached hydrogens (tertiary/aromatic N) is 2. The van der Waals surface area contributed by atoms with E-state index in [1.165, 1.54) is 12.3 Å². The van der Waals surface area contributed by atoms with Crippen LogP contribution >= 0.6 is 0 Å². The molecule has 0 radical (unpaired) electrons. The molecule has 2 rings (SSSR count). The van der Waals surface area contributed by atoms with Gasteiger partial charge in [-0.3, -0.25) is 15.1 Å². The second kappa shape index (κ2) is 2.77. The summed E-state index contributed by atoms with van der Waals surface area (Å²) in [6.07, 6.45) is 2.21. The average Bonchev–Trinajstić information content (AvgIpc) is 2.83. The molecule has 1 heterocycles. The lowest BCUT2D eigenvalue weighted by molar-refractivity contribution is -0.385. The van der Waals surface area contributed by atoms with Crippen LogP contribution in [0.3, 0.4) is 0 Å². The maximum atomic E-state index is 10.3. The zero-order valence-electron chi connectivity index (χ0n) is 6.88. The van der Waals surface area contributed by atoms with Crippen molar-refractivity contribution in [3.8, 4) is 0 Å². The molecule has 1 fully saturated rings. The standard InChI is InChI=1S/C8H9N3O2/c9-7-3-6(7)8-2-1-5(4-10-8)11(12)13/h1-2,4,6-7H,3,9H2/t6-,7-/m1/s1. The molecule has 0 spiro atoms. The highest BCUT2D eigenvalue weighted by molar-refractivity contribution is 5.30. The summed E-state index contributed by atoms with van der Waals surface area (Å²) in [5.41, 5.74) is 6.51. The van der Waals surface area contributed by atoms with Gasteiger partial charge in [0.2, 0.25) is 0 Å². The Morgan fingerprint density at radius 2 is 2.31 bits per heavy atom. The third kappa shape index (κ3) is 1.50. The van der Waals surface area contributed by atoms with E-state index >= 15 is 0 Å². The molecule has 1 aliphatic rings. The van der Waals surface area contributed by atoms with E-state index in [9.17, 15) is 10.1 Å². The van der Waals surface area contributed by atoms with Gasteiger partial charge in [0.15, 0.2) is 0 Å². The second-order valence-electron chi connectivity index (χ2n) is 3.20. The molecular formula is C8H9N3O2. The number of pyridine rings is 1. The van der Waals surface area contributed by atoms with E-state index in [4.69, 9.17) is 5.73 Å². The van der Waals surface area contributed by atoms with E-state index in [2.05, 4.69) is 4.98 Å². The van der Waals surface area contributed by atoms with Crippen molar-refractivity contribution in [3.05, 3.63) is 34.1 Å². The molecule has 1 aromatic heterocycles. The van der Waals surface area contributed by atoms with Crippen molar-refractivity contribution in [2.75, 3.05) is 0 Å². The highest BCUT2D eigenvalue weighted by atomic mass is 16.6. The molecule has 5 heteroatoms. The summed E-state index contributed by atoms with van der Waals surface area (Å²) in [6, 6.07) is 3.33. The van der Waals surface area contributed by atoms with Crippen LogP contribution in [0.15, 0.2) is 18.3 Å². The van der Waals surface area contributed by atoms with E-state index in [0.29, 0.717) is 5.92 Å². The van der Waals surface area contributed by atoms with Crippen molar-refractivity contribution in [1.29, 1.82) is 0 Å². The van der Waals surface area contributed by atoms with Gasteiger partial charge in [-0.2, -0.15) is 0 Å². The maximum absolute atomic E-state index is 10.3. The number of rotatable bonds is 2. The van der Waals surface area contributed by atoms with Crippen LogP contribution in [0.4, 0.5) is 5.69 Å². The maximum Gasteiger partial charge on any atom is 0.287 e. The SMILES string of the molecule is N[C@@H]1C[C@H]1c1ccc([N+](=O)[O-])cn1. The number of aromatic nitrogens is 1. The molecule has 13 heavy (non-hydrogen) atoms. The summed E-state index contributed by atoms with van der Waals surface area (Å²) < 4.78 is 0. The van der Waals surface area contributed by atoms with E-state index in [0.717, 1.165) is 12.1 Å². The van der Waals surface area contributed by atoms with Crippen molar-refractivity contribution in [2.24, 2.45) is 5.73 Å². The van der Waals surface area contributed by atoms with E-state index in [1.54, 1.807) is 6.07 Å². The minimum absolute atomic E-state index is 0.0259. The minimum Gasteiger partial charge on any atom is -0.327 e. The van der Waals surface area contributed by atoms with Gasteiger partial charge in [0, 0.05) is 23.7 Å². The fraction of sp³-hybridized carbons (Fsp3) is 0.375. The molecule has 68 valence electrons. The molecule has 0 amide bonds. The van der Waals surface area contributed by atoms with Crippen molar-refractivity contribution in [2.45, 2.75) is 18.4 Å². The van der Waals surface area contributed by atoms with Crippen LogP contribution in [0.5, 0.6) is 0 Å². The third-order valence-electron chi connectivity index (χ3n) is 2.20. The fourth-order valence-corrected chi connectivity index (χ4v) is 1.28. The van der Waals surface area contributed by atoms with Crippen molar-refractivity contribution >= 4 is 5.69 Å². The highest BCUT2D eigenvalue weighted by Crippen LogP contribution is 2.37. The lowest BCUT2D eigenvalue weighted by Crippen LogP contribution is -2.02. The van der Waals surface area contributed by atoms with Crippen LogP contribution in [0.2, 0.25) is 0 Å². The molecule has 0 unspecified atom stereocenters. The van der Waals surface area contributed by atoms with Gasteiger partial charge in [0.25, 0.3) is 5.69 Å². The Morgan fingerprint density at radius 1 is 1.62 bits per heavy atom. The lowest BCUT2D eigenvalue weighted by atomic mass is 10.2. The molecule has 0 bridgehead atoms. The molecule has 0 aromatic carbocycles. The Morgan fingerprint density at radius 3 is 2.69 bits per heavy atom. The van der Waals surface area contributed by atoms with Gasteiger partial charge in [0.1, 0.15) is 6.20 Å². The van der Waals surface area contributed by atoms with Gasteiger partial charge in [0.05, 0.1) is 4.92 Å². The predicted octanol–water partition coefficient (Wildman–Crippen LogP) is 0.804. The van der Waals surface area contributed by atoms with Crippen LogP contribution in [0.25, 0.3) is 0 Å². The molecule has 1 aromatic rings. The summed E-state index contributed by atoms with van der Waals surface area (Å²) in [4.78, 5) is 13.8. The molecule has 2 atom stereocenters. The summed E-state index contributed by atoms with van der Waals surface area (Å²) in [5, 5.41) is 10.3. The summed E-state index contributed by atoms with van der Waals surface area (Å²) in [5.74, 6) is 0.306. The van der Waals surface area contributed by atoms with Crippen LogP contribution < -0.4 is 5.73 Å². The lowest BCUT2D eigenvalue weighted by Gasteiger charge is -1.95. The Labute approximate surface area is 74.7 Å². The van der Waals surface area contributed by atoms with Crippen LogP contribution in [0, 0.1) is 10.1 Å². The van der Waals surface area contributed by atoms with Crippen LogP contribution in [0.1, 0.15) is 18.0 Å². The van der Waals surface area contributed by atoms with Crippen molar-refractivity contribution in [3.63, 3.8) is 0 Å². The number of nitrogens with two attached hydrogens (primary N) is 1. The Balaban J connectivity index is 2.19. The molecule has 0 saturated heterocycles. The monoisotopic (exact) mass is 179 g/mol. The van der Waals surface area contributed by atoms with Gasteiger partial charge in [-0.15, -0.1) is 0 Å². The number of hydrogen-bond donors (Lipinski definition) is 1. The first-order valence-corrected chi connectivity index (χ1v) is 4.04. The second-order valence-corrected chi connectivity index (χ2v) is 3.20. The quantitative estimate of drug-likeness (QED) is 0.537. The zero-order chi connectivity index (χ0) is 9.42. The zero-order valence-corrected chi connectivity index (χ0v) is 6.88. The van der Waals surface area contributed by atoms with E-state index in [1.807, 2.05) is 0 Å². The molecular weight excluding hydrogens is 170 g/mol. The van der Waals surface area contributed by atoms with Crippen LogP contribution in [-0.2, 0) is 0 Å². The Hall–Kier alpha value is -1.49. The van der Waals surface area contributed by atoms with Gasteiger partial charge >= 0.3 is 0 Å². The smallest absolute Gasteiger partial charge is 0.287 e. The van der Waals surface area contributed by atoms with Gasteiger partial charge < -0.3 is 5.73 Å². The largest absolute Gasteiger partial charge is 0.327 e. The molecule has 0 aliphatic heterocycles. The number of hydrogen-bond acceptors (Lipinski definition) is 4.